The lowest BCUT2D eigenvalue weighted by atomic mass is 9.73. The quantitative estimate of drug-likeness (QED) is 0.516. The molecule has 4 rings (SSSR count). The fourth-order valence-electron chi connectivity index (χ4n) is 4.06. The van der Waals surface area contributed by atoms with Crippen LogP contribution in [0.3, 0.4) is 0 Å². The van der Waals surface area contributed by atoms with Crippen molar-refractivity contribution in [2.45, 2.75) is 18.3 Å². The van der Waals surface area contributed by atoms with Crippen LogP contribution in [0.5, 0.6) is 0 Å². The molecule has 150 valence electrons. The number of allylic oxidation sites excluding steroid dienone is 1. The second-order valence-corrected chi connectivity index (χ2v) is 7.10. The van der Waals surface area contributed by atoms with E-state index >= 15 is 0 Å². The fourth-order valence-corrected chi connectivity index (χ4v) is 4.06. The lowest BCUT2D eigenvalue weighted by Gasteiger charge is -2.33. The molecule has 0 saturated carbocycles. The van der Waals surface area contributed by atoms with Gasteiger partial charge in [0.25, 0.3) is 0 Å². The van der Waals surface area contributed by atoms with Crippen molar-refractivity contribution in [2.75, 3.05) is 13.7 Å². The Morgan fingerprint density at radius 1 is 1.14 bits per heavy atom. The largest absolute Gasteiger partial charge is 0.496 e. The van der Waals surface area contributed by atoms with E-state index in [1.807, 2.05) is 0 Å². The van der Waals surface area contributed by atoms with E-state index in [4.69, 9.17) is 9.84 Å². The number of ether oxygens (including phenoxy) is 1. The Bertz CT molecular complexity index is 1050. The van der Waals surface area contributed by atoms with Gasteiger partial charge in [-0.2, -0.15) is 0 Å². The van der Waals surface area contributed by atoms with E-state index in [0.29, 0.717) is 11.1 Å². The second kappa shape index (κ2) is 6.85. The summed E-state index contributed by atoms with van der Waals surface area (Å²) in [4.78, 5) is 37.8. The first kappa shape index (κ1) is 19.4. The molecule has 4 atom stereocenters. The lowest BCUT2D eigenvalue weighted by Crippen LogP contribution is -2.44. The van der Waals surface area contributed by atoms with E-state index in [1.54, 1.807) is 6.08 Å². The van der Waals surface area contributed by atoms with Crippen LogP contribution < -0.4 is 0 Å². The first-order valence-electron chi connectivity index (χ1n) is 8.93. The van der Waals surface area contributed by atoms with Crippen molar-refractivity contribution in [1.82, 2.24) is 0 Å². The number of benzene rings is 1. The SMILES string of the molecule is COC1=C2C(=O)c3cc4c(cc3C=C2C(O)C=C1)C(=O)C(C(=O)CO)C(O)C4O. The van der Waals surface area contributed by atoms with Crippen molar-refractivity contribution in [1.29, 1.82) is 0 Å². The molecule has 3 aliphatic carbocycles. The number of carbonyl (C=O) groups excluding carboxylic acids is 3. The van der Waals surface area contributed by atoms with E-state index in [-0.39, 0.29) is 28.0 Å². The third-order valence-electron chi connectivity index (χ3n) is 5.54. The molecule has 0 aliphatic heterocycles. The highest BCUT2D eigenvalue weighted by Gasteiger charge is 2.45. The van der Waals surface area contributed by atoms with Gasteiger partial charge in [0.05, 0.1) is 18.8 Å². The highest BCUT2D eigenvalue weighted by molar-refractivity contribution is 6.19. The minimum atomic E-state index is -1.73. The molecule has 0 amide bonds. The van der Waals surface area contributed by atoms with Gasteiger partial charge in [-0.1, -0.05) is 0 Å². The van der Waals surface area contributed by atoms with Gasteiger partial charge in [0, 0.05) is 11.1 Å². The number of methoxy groups -OCH3 is 1. The molecule has 0 aromatic heterocycles. The van der Waals surface area contributed by atoms with Crippen LogP contribution in [0.2, 0.25) is 0 Å². The number of hydrogen-bond donors (Lipinski definition) is 4. The van der Waals surface area contributed by atoms with Crippen LogP contribution in [0.4, 0.5) is 0 Å². The molecule has 8 heteroatoms. The number of rotatable bonds is 3. The van der Waals surface area contributed by atoms with Crippen molar-refractivity contribution in [3.05, 3.63) is 63.4 Å². The molecular weight excluding hydrogens is 380 g/mol. The lowest BCUT2D eigenvalue weighted by molar-refractivity contribution is -0.130. The highest BCUT2D eigenvalue weighted by atomic mass is 16.5. The summed E-state index contributed by atoms with van der Waals surface area (Å²) in [5, 5.41) is 40.1. The molecule has 0 fully saturated rings. The highest BCUT2D eigenvalue weighted by Crippen LogP contribution is 2.41. The molecule has 3 aliphatic rings. The maximum absolute atomic E-state index is 13.1. The molecule has 1 aromatic carbocycles. The van der Waals surface area contributed by atoms with Gasteiger partial charge in [0.15, 0.2) is 17.3 Å². The number of aliphatic hydroxyl groups is 4. The maximum Gasteiger partial charge on any atom is 0.197 e. The van der Waals surface area contributed by atoms with Gasteiger partial charge >= 0.3 is 0 Å². The molecule has 4 N–H and O–H groups in total. The minimum absolute atomic E-state index is 0.0155. The number of hydrogen-bond acceptors (Lipinski definition) is 8. The van der Waals surface area contributed by atoms with E-state index in [0.717, 1.165) is 0 Å². The average Bonchev–Trinajstić information content (AvgIpc) is 2.72. The van der Waals surface area contributed by atoms with Crippen LogP contribution in [-0.4, -0.2) is 63.7 Å². The Kier molecular flexibility index (Phi) is 4.59. The number of fused-ring (bicyclic) bond motifs is 3. The van der Waals surface area contributed by atoms with Crippen LogP contribution in [-0.2, 0) is 9.53 Å². The first-order valence-corrected chi connectivity index (χ1v) is 8.93. The topological polar surface area (TPSA) is 141 Å². The van der Waals surface area contributed by atoms with Crippen LogP contribution in [0.15, 0.2) is 41.2 Å². The molecule has 29 heavy (non-hydrogen) atoms. The molecule has 0 heterocycles. The predicted octanol–water partition coefficient (Wildman–Crippen LogP) is -0.134. The molecule has 8 nitrogen and oxygen atoms in total. The van der Waals surface area contributed by atoms with Crippen molar-refractivity contribution in [2.24, 2.45) is 5.92 Å². The zero-order valence-electron chi connectivity index (χ0n) is 15.3. The summed E-state index contributed by atoms with van der Waals surface area (Å²) in [5.41, 5.74) is 1.02. The number of Topliss-reactive ketones (excluding diaryl/α,β-unsaturated/α-hetero) is 3. The van der Waals surface area contributed by atoms with Gasteiger partial charge in [-0.15, -0.1) is 0 Å². The molecule has 1 aromatic rings. The van der Waals surface area contributed by atoms with Crippen LogP contribution in [0, 0.1) is 5.92 Å². The summed E-state index contributed by atoms with van der Waals surface area (Å²) in [6, 6.07) is 2.68. The first-order chi connectivity index (χ1) is 13.8. The molecular formula is C21H18O8. The number of aliphatic hydroxyl groups excluding tert-OH is 4. The van der Waals surface area contributed by atoms with Crippen molar-refractivity contribution < 1.29 is 39.5 Å². The normalized spacial score (nSPS) is 27.8. The van der Waals surface area contributed by atoms with Crippen molar-refractivity contribution >= 4 is 23.4 Å². The summed E-state index contributed by atoms with van der Waals surface area (Å²) in [6.07, 6.45) is 0.152. The molecule has 0 saturated heterocycles. The van der Waals surface area contributed by atoms with E-state index in [1.165, 1.54) is 31.4 Å². The molecule has 0 spiro atoms. The molecule has 4 unspecified atom stereocenters. The zero-order chi connectivity index (χ0) is 21.0. The summed E-state index contributed by atoms with van der Waals surface area (Å²) in [6.45, 7) is -0.949. The van der Waals surface area contributed by atoms with E-state index in [9.17, 15) is 29.7 Å². The Labute approximate surface area is 165 Å². The van der Waals surface area contributed by atoms with Gasteiger partial charge in [-0.25, -0.2) is 0 Å². The second-order valence-electron chi connectivity index (χ2n) is 7.10. The van der Waals surface area contributed by atoms with Crippen LogP contribution in [0.25, 0.3) is 6.08 Å². The summed E-state index contributed by atoms with van der Waals surface area (Å²) in [7, 11) is 1.40. The predicted molar refractivity (Wildman–Crippen MR) is 98.8 cm³/mol. The third kappa shape index (κ3) is 2.72. The fraction of sp³-hybridized carbons (Fsp3) is 0.286. The smallest absolute Gasteiger partial charge is 0.197 e. The number of carbonyl (C=O) groups is 3. The van der Waals surface area contributed by atoms with Crippen molar-refractivity contribution in [3.8, 4) is 0 Å². The monoisotopic (exact) mass is 398 g/mol. The van der Waals surface area contributed by atoms with Gasteiger partial charge in [-0.05, 0) is 47.1 Å². The van der Waals surface area contributed by atoms with Crippen molar-refractivity contribution in [3.63, 3.8) is 0 Å². The Balaban J connectivity index is 1.92. The van der Waals surface area contributed by atoms with Gasteiger partial charge in [0.2, 0.25) is 0 Å². The van der Waals surface area contributed by atoms with E-state index in [2.05, 4.69) is 0 Å². The average molecular weight is 398 g/mol. The Morgan fingerprint density at radius 3 is 2.52 bits per heavy atom. The summed E-state index contributed by atoms with van der Waals surface area (Å²) < 4.78 is 5.23. The molecule has 0 radical (unpaired) electrons. The third-order valence-corrected chi connectivity index (χ3v) is 5.54. The van der Waals surface area contributed by atoms with Crippen LogP contribution in [0.1, 0.15) is 37.9 Å². The van der Waals surface area contributed by atoms with Crippen LogP contribution >= 0.6 is 0 Å². The Hall–Kier alpha value is -2.91. The maximum atomic E-state index is 13.1. The summed E-state index contributed by atoms with van der Waals surface area (Å²) in [5.74, 6) is -3.41. The van der Waals surface area contributed by atoms with Gasteiger partial charge < -0.3 is 25.2 Å². The number of ketones is 3. The zero-order valence-corrected chi connectivity index (χ0v) is 15.3. The van der Waals surface area contributed by atoms with Gasteiger partial charge in [-0.3, -0.25) is 14.4 Å². The summed E-state index contributed by atoms with van der Waals surface area (Å²) >= 11 is 0. The minimum Gasteiger partial charge on any atom is -0.496 e. The van der Waals surface area contributed by atoms with Gasteiger partial charge in [0.1, 0.15) is 30.5 Å². The standard InChI is InChI=1S/C21H18O8/c1-29-15-3-2-13(23)12-5-8-4-10-11(6-9(8)18(25)16(12)15)20(27)21(28)17(19(10)26)14(24)7-22/h2-6,13,17,20-23,27-28H,7H2,1H3. The Morgan fingerprint density at radius 2 is 1.86 bits per heavy atom. The molecule has 0 bridgehead atoms. The van der Waals surface area contributed by atoms with E-state index < -0.39 is 48.2 Å².